The molecule has 2 amide bonds. The molecule has 3 heterocycles. The number of alkyl halides is 3. The van der Waals surface area contributed by atoms with E-state index in [9.17, 15) is 18.0 Å². The molecule has 1 fully saturated rings. The monoisotopic (exact) mass is 542 g/mol. The van der Waals surface area contributed by atoms with Crippen LogP contribution in [0.4, 0.5) is 35.2 Å². The summed E-state index contributed by atoms with van der Waals surface area (Å²) in [6, 6.07) is 9.43. The highest BCUT2D eigenvalue weighted by Crippen LogP contribution is 2.38. The maximum absolute atomic E-state index is 13.7. The Morgan fingerprint density at radius 2 is 1.74 bits per heavy atom. The number of hydrogen-bond donors (Lipinski definition) is 3. The van der Waals surface area contributed by atoms with Gasteiger partial charge in [-0.15, -0.1) is 0 Å². The Kier molecular flexibility index (Phi) is 7.47. The number of fused-ring (bicyclic) bond motifs is 1. The first kappa shape index (κ1) is 26.2. The van der Waals surface area contributed by atoms with Crippen LogP contribution in [0.15, 0.2) is 55.1 Å². The van der Waals surface area contributed by atoms with Crippen LogP contribution in [-0.4, -0.2) is 69.9 Å². The molecule has 1 aliphatic heterocycles. The van der Waals surface area contributed by atoms with Gasteiger partial charge in [0.1, 0.15) is 25.0 Å². The van der Waals surface area contributed by atoms with Crippen molar-refractivity contribution < 1.29 is 27.4 Å². The molecule has 0 aliphatic carbocycles. The van der Waals surface area contributed by atoms with Gasteiger partial charge in [-0.05, 0) is 42.5 Å². The largest absolute Gasteiger partial charge is 0.492 e. The van der Waals surface area contributed by atoms with Crippen molar-refractivity contribution in [2.75, 3.05) is 55.8 Å². The molecule has 2 aromatic heterocycles. The normalized spacial score (nSPS) is 14.3. The minimum atomic E-state index is -4.66. The Morgan fingerprint density at radius 1 is 1.03 bits per heavy atom. The number of amides is 2. The first-order valence-corrected chi connectivity index (χ1v) is 12.0. The molecule has 5 rings (SSSR count). The molecular formula is C25H25F3N8O3. The summed E-state index contributed by atoms with van der Waals surface area (Å²) < 4.78 is 53.6. The zero-order valence-corrected chi connectivity index (χ0v) is 20.6. The summed E-state index contributed by atoms with van der Waals surface area (Å²) in [4.78, 5) is 26.9. The Balaban J connectivity index is 1.22. The minimum Gasteiger partial charge on any atom is -0.492 e. The standard InChI is InChI=1S/C25H25F3N8O3/c26-25(27,28)19-13-17(3-6-20(19)39-12-9-35-7-10-38-11-8-35)34-24(37)33-16-1-4-18(5-2-16)36-15-32-21-22(29)30-14-31-23(21)36/h1-6,13-15H,7-12H2,(H2,29,30,31)(H2,33,34,37). The van der Waals surface area contributed by atoms with E-state index in [1.807, 2.05) is 0 Å². The minimum absolute atomic E-state index is 0.0286. The summed E-state index contributed by atoms with van der Waals surface area (Å²) in [7, 11) is 0. The Bertz CT molecular complexity index is 1450. The molecule has 204 valence electrons. The van der Waals surface area contributed by atoms with Crippen LogP contribution in [0.3, 0.4) is 0 Å². The number of hydrogen-bond acceptors (Lipinski definition) is 8. The molecule has 0 radical (unpaired) electrons. The third-order valence-electron chi connectivity index (χ3n) is 6.08. The van der Waals surface area contributed by atoms with Gasteiger partial charge in [0.15, 0.2) is 17.0 Å². The summed E-state index contributed by atoms with van der Waals surface area (Å²) in [5, 5.41) is 5.04. The third-order valence-corrected chi connectivity index (χ3v) is 6.08. The van der Waals surface area contributed by atoms with Crippen LogP contribution in [0.5, 0.6) is 5.75 Å². The Labute approximate surface area is 220 Å². The van der Waals surface area contributed by atoms with Crippen LogP contribution in [0, 0.1) is 0 Å². The number of ether oxygens (including phenoxy) is 2. The molecule has 4 N–H and O–H groups in total. The van der Waals surface area contributed by atoms with Crippen molar-refractivity contribution in [1.29, 1.82) is 0 Å². The smallest absolute Gasteiger partial charge is 0.420 e. The summed E-state index contributed by atoms with van der Waals surface area (Å²) in [5.41, 5.74) is 6.95. The van der Waals surface area contributed by atoms with Crippen molar-refractivity contribution in [2.45, 2.75) is 6.18 Å². The number of nitrogens with zero attached hydrogens (tertiary/aromatic N) is 5. The SMILES string of the molecule is Nc1ncnc2c1ncn2-c1ccc(NC(=O)Nc2ccc(OCCN3CCOCC3)c(C(F)(F)F)c2)cc1. The predicted molar refractivity (Wildman–Crippen MR) is 138 cm³/mol. The highest BCUT2D eigenvalue weighted by Gasteiger charge is 2.35. The van der Waals surface area contributed by atoms with Gasteiger partial charge in [-0.3, -0.25) is 9.47 Å². The van der Waals surface area contributed by atoms with Crippen LogP contribution in [-0.2, 0) is 10.9 Å². The van der Waals surface area contributed by atoms with E-state index in [1.54, 1.807) is 35.2 Å². The number of benzene rings is 2. The molecule has 39 heavy (non-hydrogen) atoms. The number of anilines is 3. The molecule has 0 spiro atoms. The number of morpholine rings is 1. The number of carbonyl (C=O) groups excluding carboxylic acids is 1. The number of imidazole rings is 1. The van der Waals surface area contributed by atoms with Crippen molar-refractivity contribution in [3.8, 4) is 11.4 Å². The third kappa shape index (κ3) is 6.18. The average molecular weight is 543 g/mol. The summed E-state index contributed by atoms with van der Waals surface area (Å²) in [5.74, 6) is -0.0358. The fourth-order valence-electron chi connectivity index (χ4n) is 4.11. The fraction of sp³-hybridized carbons (Fsp3) is 0.280. The number of rotatable bonds is 7. The number of nitrogens with one attached hydrogen (secondary N) is 2. The molecule has 0 bridgehead atoms. The molecule has 2 aromatic carbocycles. The first-order valence-electron chi connectivity index (χ1n) is 12.0. The van der Waals surface area contributed by atoms with Gasteiger partial charge >= 0.3 is 12.2 Å². The molecule has 1 saturated heterocycles. The molecule has 1 aliphatic rings. The summed E-state index contributed by atoms with van der Waals surface area (Å²) in [6.07, 6.45) is -1.77. The predicted octanol–water partition coefficient (Wildman–Crippen LogP) is 3.77. The van der Waals surface area contributed by atoms with Gasteiger partial charge in [-0.1, -0.05) is 0 Å². The van der Waals surface area contributed by atoms with Gasteiger partial charge in [-0.25, -0.2) is 19.7 Å². The van der Waals surface area contributed by atoms with E-state index in [4.69, 9.17) is 15.2 Å². The molecule has 4 aromatic rings. The lowest BCUT2D eigenvalue weighted by Gasteiger charge is -2.26. The van der Waals surface area contributed by atoms with Gasteiger partial charge in [-0.2, -0.15) is 13.2 Å². The highest BCUT2D eigenvalue weighted by molar-refractivity contribution is 6.00. The topological polar surface area (TPSA) is 132 Å². The van der Waals surface area contributed by atoms with Crippen molar-refractivity contribution in [1.82, 2.24) is 24.4 Å². The molecule has 0 atom stereocenters. The number of carbonyl (C=O) groups is 1. The number of nitrogens with two attached hydrogens (primary N) is 1. The van der Waals surface area contributed by atoms with E-state index in [0.717, 1.165) is 6.07 Å². The highest BCUT2D eigenvalue weighted by atomic mass is 19.4. The van der Waals surface area contributed by atoms with E-state index in [1.165, 1.54) is 18.5 Å². The van der Waals surface area contributed by atoms with Gasteiger partial charge in [0.25, 0.3) is 0 Å². The van der Waals surface area contributed by atoms with Gasteiger partial charge < -0.3 is 25.8 Å². The van der Waals surface area contributed by atoms with E-state index >= 15 is 0 Å². The molecule has 11 nitrogen and oxygen atoms in total. The first-order chi connectivity index (χ1) is 18.8. The van der Waals surface area contributed by atoms with Crippen molar-refractivity contribution in [2.24, 2.45) is 0 Å². The van der Waals surface area contributed by atoms with E-state index in [0.29, 0.717) is 55.4 Å². The second-order valence-corrected chi connectivity index (χ2v) is 8.68. The zero-order valence-electron chi connectivity index (χ0n) is 20.6. The lowest BCUT2D eigenvalue weighted by Crippen LogP contribution is -2.38. The molecule has 0 saturated carbocycles. The summed E-state index contributed by atoms with van der Waals surface area (Å²) >= 11 is 0. The number of aromatic nitrogens is 4. The van der Waals surface area contributed by atoms with Gasteiger partial charge in [0.05, 0.1) is 18.8 Å². The van der Waals surface area contributed by atoms with Crippen LogP contribution in [0.1, 0.15) is 5.56 Å². The number of nitrogen functional groups attached to an aromatic ring is 1. The van der Waals surface area contributed by atoms with Crippen molar-refractivity contribution in [3.63, 3.8) is 0 Å². The van der Waals surface area contributed by atoms with E-state index < -0.39 is 17.8 Å². The Hall–Kier alpha value is -4.43. The second-order valence-electron chi connectivity index (χ2n) is 8.68. The van der Waals surface area contributed by atoms with Gasteiger partial charge in [0.2, 0.25) is 0 Å². The van der Waals surface area contributed by atoms with Crippen LogP contribution >= 0.6 is 0 Å². The fourth-order valence-corrected chi connectivity index (χ4v) is 4.11. The maximum atomic E-state index is 13.7. The molecule has 14 heteroatoms. The van der Waals surface area contributed by atoms with Crippen LogP contribution in [0.2, 0.25) is 0 Å². The average Bonchev–Trinajstić information content (AvgIpc) is 3.35. The lowest BCUT2D eigenvalue weighted by molar-refractivity contribution is -0.138. The van der Waals surface area contributed by atoms with Gasteiger partial charge in [0, 0.05) is 36.7 Å². The number of urea groups is 1. The van der Waals surface area contributed by atoms with E-state index in [2.05, 4.69) is 30.5 Å². The van der Waals surface area contributed by atoms with E-state index in [-0.39, 0.29) is 23.9 Å². The Morgan fingerprint density at radius 3 is 2.49 bits per heavy atom. The quantitative estimate of drug-likeness (QED) is 0.322. The zero-order chi connectivity index (χ0) is 27.4. The van der Waals surface area contributed by atoms with Crippen molar-refractivity contribution >= 4 is 34.4 Å². The maximum Gasteiger partial charge on any atom is 0.420 e. The van der Waals surface area contributed by atoms with Crippen LogP contribution in [0.25, 0.3) is 16.9 Å². The second kappa shape index (κ2) is 11.1. The molecular weight excluding hydrogens is 517 g/mol. The van der Waals surface area contributed by atoms with Crippen molar-refractivity contribution in [3.05, 3.63) is 60.7 Å². The summed E-state index contributed by atoms with van der Waals surface area (Å²) in [6.45, 7) is 3.18. The number of halogens is 3. The van der Waals surface area contributed by atoms with Crippen LogP contribution < -0.4 is 21.1 Å². The lowest BCUT2D eigenvalue weighted by atomic mass is 10.1. The molecule has 0 unspecified atom stereocenters.